The van der Waals surface area contributed by atoms with Crippen LogP contribution in [0.3, 0.4) is 0 Å². The predicted molar refractivity (Wildman–Crippen MR) is 70.7 cm³/mol. The molecule has 1 N–H and O–H groups in total. The van der Waals surface area contributed by atoms with Crippen molar-refractivity contribution in [1.29, 1.82) is 0 Å². The van der Waals surface area contributed by atoms with Gasteiger partial charge < -0.3 is 5.32 Å². The van der Waals surface area contributed by atoms with E-state index in [1.165, 1.54) is 11.1 Å². The smallest absolute Gasteiger partial charge is 0.367 e. The second-order valence-corrected chi connectivity index (χ2v) is 3.78. The minimum Gasteiger partial charge on any atom is -0.367 e. The van der Waals surface area contributed by atoms with Crippen molar-refractivity contribution in [3.63, 3.8) is 0 Å². The zero-order chi connectivity index (χ0) is 11.2. The highest BCUT2D eigenvalue weighted by Gasteiger charge is 1.91. The minimum atomic E-state index is 0. The van der Waals surface area contributed by atoms with Crippen molar-refractivity contribution in [2.75, 3.05) is 0 Å². The molecular formula is C15H16N+. The fraction of sp³-hybridized carbons (Fsp3) is 0.0667. The van der Waals surface area contributed by atoms with E-state index in [9.17, 15) is 0 Å². The van der Waals surface area contributed by atoms with E-state index in [0.29, 0.717) is 0 Å². The molecule has 0 amide bonds. The molecule has 2 rings (SSSR count). The Morgan fingerprint density at radius 1 is 1.00 bits per heavy atom. The molecule has 1 aliphatic heterocycles. The molecule has 0 saturated heterocycles. The van der Waals surface area contributed by atoms with E-state index in [1.807, 2.05) is 30.6 Å². The zero-order valence-corrected chi connectivity index (χ0v) is 9.35. The lowest BCUT2D eigenvalue weighted by Crippen LogP contribution is -1.92. The van der Waals surface area contributed by atoms with Gasteiger partial charge in [-0.25, -0.2) is 0 Å². The molecule has 80 valence electrons. The Morgan fingerprint density at radius 3 is 2.62 bits per heavy atom. The van der Waals surface area contributed by atoms with Crippen LogP contribution < -0.4 is 5.32 Å². The summed E-state index contributed by atoms with van der Waals surface area (Å²) in [5.74, 6) is 0. The topological polar surface area (TPSA) is 12.0 Å². The average Bonchev–Trinajstić information content (AvgIpc) is 2.53. The van der Waals surface area contributed by atoms with E-state index in [1.54, 1.807) is 0 Å². The van der Waals surface area contributed by atoms with Gasteiger partial charge in [0, 0.05) is 12.4 Å². The molecule has 1 nitrogen and oxygen atoms in total. The van der Waals surface area contributed by atoms with Gasteiger partial charge in [0.2, 0.25) is 0 Å². The second-order valence-electron chi connectivity index (χ2n) is 3.78. The van der Waals surface area contributed by atoms with Gasteiger partial charge in [-0.1, -0.05) is 54.6 Å². The number of benzene rings is 1. The van der Waals surface area contributed by atoms with E-state index in [0.717, 1.165) is 5.57 Å². The number of nitrogens with one attached hydrogen (secondary N) is 1. The summed E-state index contributed by atoms with van der Waals surface area (Å²) in [4.78, 5) is 0. The Morgan fingerprint density at radius 2 is 1.81 bits per heavy atom. The molecule has 0 aliphatic carbocycles. The second kappa shape index (κ2) is 5.17. The van der Waals surface area contributed by atoms with E-state index in [4.69, 9.17) is 0 Å². The van der Waals surface area contributed by atoms with Gasteiger partial charge in [-0.3, -0.25) is 0 Å². The summed E-state index contributed by atoms with van der Waals surface area (Å²) in [5.41, 5.74) is 3.60. The number of hydrogen-bond donors (Lipinski definition) is 1. The van der Waals surface area contributed by atoms with Crippen LogP contribution in [-0.2, 0) is 0 Å². The van der Waals surface area contributed by atoms with Crippen molar-refractivity contribution in [2.24, 2.45) is 0 Å². The molecule has 1 aliphatic rings. The van der Waals surface area contributed by atoms with Gasteiger partial charge in [0.25, 0.3) is 0 Å². The van der Waals surface area contributed by atoms with Gasteiger partial charge in [-0.2, -0.15) is 0 Å². The maximum atomic E-state index is 3.15. The quantitative estimate of drug-likeness (QED) is 0.783. The molecule has 1 aromatic rings. The first-order chi connectivity index (χ1) is 7.84. The summed E-state index contributed by atoms with van der Waals surface area (Å²) in [6.07, 6.45) is 12.4. The molecular weight excluding hydrogens is 194 g/mol. The molecule has 0 bridgehead atoms. The molecule has 0 aromatic heterocycles. The maximum absolute atomic E-state index is 3.15. The number of hydrogen-bond acceptors (Lipinski definition) is 1. The minimum absolute atomic E-state index is 0. The standard InChI is InChI=1S/C15H15N/c1-13-7-8-15(12-16-11-13)10-9-14-5-3-2-4-6-14/h2-12,16H,1H3/p+1. The van der Waals surface area contributed by atoms with Crippen molar-refractivity contribution < 1.29 is 1.43 Å². The maximum Gasteiger partial charge on any atom is 1.00 e. The van der Waals surface area contributed by atoms with Gasteiger partial charge in [0.1, 0.15) is 0 Å². The molecule has 0 radical (unpaired) electrons. The fourth-order valence-corrected chi connectivity index (χ4v) is 1.45. The van der Waals surface area contributed by atoms with Crippen LogP contribution in [0.25, 0.3) is 6.08 Å². The first-order valence-electron chi connectivity index (χ1n) is 5.39. The molecule has 0 spiro atoms. The van der Waals surface area contributed by atoms with Crippen LogP contribution in [0.2, 0.25) is 0 Å². The summed E-state index contributed by atoms with van der Waals surface area (Å²) in [7, 11) is 0. The number of allylic oxidation sites excluding steroid dienone is 5. The molecule has 0 saturated carbocycles. The highest BCUT2D eigenvalue weighted by molar-refractivity contribution is 5.55. The Labute approximate surface area is 98.0 Å². The highest BCUT2D eigenvalue weighted by Crippen LogP contribution is 2.09. The third-order valence-electron chi connectivity index (χ3n) is 2.37. The average molecular weight is 210 g/mol. The van der Waals surface area contributed by atoms with Crippen LogP contribution in [0, 0.1) is 0 Å². The van der Waals surface area contributed by atoms with Gasteiger partial charge >= 0.3 is 1.43 Å². The van der Waals surface area contributed by atoms with Crippen LogP contribution in [0.1, 0.15) is 13.9 Å². The third kappa shape index (κ3) is 2.99. The number of rotatable bonds is 2. The zero-order valence-electron chi connectivity index (χ0n) is 10.4. The summed E-state index contributed by atoms with van der Waals surface area (Å²) in [6, 6.07) is 10.3. The Kier molecular flexibility index (Phi) is 3.39. The van der Waals surface area contributed by atoms with Crippen LogP contribution in [0.15, 0.2) is 72.1 Å². The Bertz CT molecular complexity index is 467. The van der Waals surface area contributed by atoms with Crippen molar-refractivity contribution in [1.82, 2.24) is 5.32 Å². The van der Waals surface area contributed by atoms with Crippen LogP contribution >= 0.6 is 0 Å². The summed E-state index contributed by atoms with van der Waals surface area (Å²) in [5, 5.41) is 3.15. The van der Waals surface area contributed by atoms with Gasteiger partial charge in [-0.15, -0.1) is 0 Å². The normalized spacial score (nSPS) is 15.3. The van der Waals surface area contributed by atoms with Crippen LogP contribution in [0.5, 0.6) is 0 Å². The molecule has 1 heteroatoms. The lowest BCUT2D eigenvalue weighted by Gasteiger charge is -1.94. The fourth-order valence-electron chi connectivity index (χ4n) is 1.45. The van der Waals surface area contributed by atoms with Gasteiger partial charge in [-0.05, 0) is 23.6 Å². The Hall–Kier alpha value is -2.02. The monoisotopic (exact) mass is 210 g/mol. The summed E-state index contributed by atoms with van der Waals surface area (Å²) in [6.45, 7) is 2.07. The first kappa shape index (κ1) is 10.5. The van der Waals surface area contributed by atoms with Gasteiger partial charge in [0.05, 0.1) is 0 Å². The molecule has 16 heavy (non-hydrogen) atoms. The lowest BCUT2D eigenvalue weighted by molar-refractivity contribution is 1.17. The van der Waals surface area contributed by atoms with E-state index in [-0.39, 0.29) is 1.43 Å². The molecule has 1 aromatic carbocycles. The van der Waals surface area contributed by atoms with Crippen molar-refractivity contribution in [3.05, 3.63) is 77.7 Å². The molecule has 0 fully saturated rings. The first-order valence-corrected chi connectivity index (χ1v) is 5.39. The highest BCUT2D eigenvalue weighted by atomic mass is 14.8. The van der Waals surface area contributed by atoms with E-state index < -0.39 is 0 Å². The largest absolute Gasteiger partial charge is 1.00 e. The molecule has 0 unspecified atom stereocenters. The van der Waals surface area contributed by atoms with Crippen molar-refractivity contribution in [2.45, 2.75) is 6.92 Å². The van der Waals surface area contributed by atoms with Crippen molar-refractivity contribution >= 4 is 6.08 Å². The van der Waals surface area contributed by atoms with E-state index in [2.05, 4.69) is 48.7 Å². The SMILES string of the molecule is CC1=CNC=C(C=Cc2ccccc2)C=C1.[H+]. The lowest BCUT2D eigenvalue weighted by atomic mass is 10.1. The van der Waals surface area contributed by atoms with E-state index >= 15 is 0 Å². The van der Waals surface area contributed by atoms with Crippen molar-refractivity contribution in [3.8, 4) is 0 Å². The van der Waals surface area contributed by atoms with Crippen LogP contribution in [-0.4, -0.2) is 0 Å². The summed E-state index contributed by atoms with van der Waals surface area (Å²) < 4.78 is 0. The van der Waals surface area contributed by atoms with Crippen LogP contribution in [0.4, 0.5) is 0 Å². The Balaban J connectivity index is 0.00000144. The molecule has 0 atom stereocenters. The predicted octanol–water partition coefficient (Wildman–Crippen LogP) is 3.76. The molecule has 1 heterocycles. The third-order valence-corrected chi connectivity index (χ3v) is 2.37. The van der Waals surface area contributed by atoms with Gasteiger partial charge in [0.15, 0.2) is 0 Å². The summed E-state index contributed by atoms with van der Waals surface area (Å²) >= 11 is 0.